The monoisotopic (exact) mass is 147 g/mol. The van der Waals surface area contributed by atoms with Gasteiger partial charge < -0.3 is 5.32 Å². The van der Waals surface area contributed by atoms with Gasteiger partial charge >= 0.3 is 0 Å². The van der Waals surface area contributed by atoms with Crippen molar-refractivity contribution >= 4 is 27.9 Å². The molecule has 1 nitrogen and oxygen atoms in total. The maximum absolute atomic E-state index is 5.62. The standard InChI is InChI=1S/C5H6ClNS/c1-7-5-3-2-4(6)8-5/h2-3,7H,1H3. The molecular weight excluding hydrogens is 142 g/mol. The lowest BCUT2D eigenvalue weighted by Crippen LogP contribution is -1.79. The van der Waals surface area contributed by atoms with E-state index in [2.05, 4.69) is 5.32 Å². The van der Waals surface area contributed by atoms with E-state index in [-0.39, 0.29) is 0 Å². The highest BCUT2D eigenvalue weighted by molar-refractivity contribution is 7.19. The van der Waals surface area contributed by atoms with Crippen molar-refractivity contribution in [3.05, 3.63) is 16.5 Å². The fourth-order valence-corrected chi connectivity index (χ4v) is 1.35. The highest BCUT2D eigenvalue weighted by Gasteiger charge is 1.90. The molecule has 1 aromatic heterocycles. The fraction of sp³-hybridized carbons (Fsp3) is 0.200. The van der Waals surface area contributed by atoms with Crippen molar-refractivity contribution in [2.75, 3.05) is 12.4 Å². The summed E-state index contributed by atoms with van der Waals surface area (Å²) in [6.45, 7) is 0. The van der Waals surface area contributed by atoms with E-state index < -0.39 is 0 Å². The highest BCUT2D eigenvalue weighted by atomic mass is 35.5. The second kappa shape index (κ2) is 2.37. The number of hydrogen-bond donors (Lipinski definition) is 1. The van der Waals surface area contributed by atoms with Gasteiger partial charge in [0, 0.05) is 7.05 Å². The zero-order valence-electron chi connectivity index (χ0n) is 4.44. The number of nitrogens with one attached hydrogen (secondary N) is 1. The predicted octanol–water partition coefficient (Wildman–Crippen LogP) is 2.44. The van der Waals surface area contributed by atoms with Crippen molar-refractivity contribution in [2.24, 2.45) is 0 Å². The Labute approximate surface area is 57.3 Å². The summed E-state index contributed by atoms with van der Waals surface area (Å²) in [7, 11) is 1.88. The molecule has 0 unspecified atom stereocenters. The average molecular weight is 148 g/mol. The normalized spacial score (nSPS) is 9.25. The van der Waals surface area contributed by atoms with Gasteiger partial charge in [0.1, 0.15) is 0 Å². The number of halogens is 1. The Kier molecular flexibility index (Phi) is 1.76. The lowest BCUT2D eigenvalue weighted by Gasteiger charge is -1.86. The van der Waals surface area contributed by atoms with Crippen LogP contribution in [0.1, 0.15) is 0 Å². The number of hydrogen-bond acceptors (Lipinski definition) is 2. The second-order valence-electron chi connectivity index (χ2n) is 1.35. The van der Waals surface area contributed by atoms with Crippen molar-refractivity contribution in [1.29, 1.82) is 0 Å². The first kappa shape index (κ1) is 5.92. The molecule has 1 aromatic rings. The molecule has 0 spiro atoms. The smallest absolute Gasteiger partial charge is 0.0950 e. The lowest BCUT2D eigenvalue weighted by atomic mass is 10.6. The Morgan fingerprint density at radius 3 is 2.62 bits per heavy atom. The van der Waals surface area contributed by atoms with E-state index in [1.54, 1.807) is 11.3 Å². The predicted molar refractivity (Wildman–Crippen MR) is 38.9 cm³/mol. The molecule has 0 aliphatic rings. The molecule has 8 heavy (non-hydrogen) atoms. The molecule has 0 bridgehead atoms. The molecule has 1 heterocycles. The lowest BCUT2D eigenvalue weighted by molar-refractivity contribution is 1.60. The van der Waals surface area contributed by atoms with E-state index in [0.717, 1.165) is 9.34 Å². The Hall–Kier alpha value is -0.210. The van der Waals surface area contributed by atoms with Gasteiger partial charge in [-0.3, -0.25) is 0 Å². The largest absolute Gasteiger partial charge is 0.380 e. The maximum Gasteiger partial charge on any atom is 0.0950 e. The molecule has 1 rings (SSSR count). The summed E-state index contributed by atoms with van der Waals surface area (Å²) in [5.41, 5.74) is 0. The molecule has 0 aliphatic heterocycles. The van der Waals surface area contributed by atoms with E-state index in [1.807, 2.05) is 19.2 Å². The van der Waals surface area contributed by atoms with Gasteiger partial charge in [0.05, 0.1) is 9.34 Å². The van der Waals surface area contributed by atoms with Gasteiger partial charge in [0.15, 0.2) is 0 Å². The van der Waals surface area contributed by atoms with Crippen LogP contribution in [0.2, 0.25) is 4.34 Å². The van der Waals surface area contributed by atoms with E-state index in [1.165, 1.54) is 0 Å². The topological polar surface area (TPSA) is 12.0 Å². The fourth-order valence-electron chi connectivity index (χ4n) is 0.449. The minimum absolute atomic E-state index is 0.828. The second-order valence-corrected chi connectivity index (χ2v) is 3.07. The van der Waals surface area contributed by atoms with Gasteiger partial charge in [0.25, 0.3) is 0 Å². The van der Waals surface area contributed by atoms with Crippen LogP contribution in [-0.4, -0.2) is 7.05 Å². The van der Waals surface area contributed by atoms with Crippen molar-refractivity contribution in [3.8, 4) is 0 Å². The number of thiophene rings is 1. The molecular formula is C5H6ClNS. The summed E-state index contributed by atoms with van der Waals surface area (Å²) < 4.78 is 0.828. The van der Waals surface area contributed by atoms with Gasteiger partial charge in [-0.2, -0.15) is 0 Å². The molecule has 0 saturated carbocycles. The average Bonchev–Trinajstić information content (AvgIpc) is 2.14. The molecule has 0 aliphatic carbocycles. The van der Waals surface area contributed by atoms with Crippen LogP contribution < -0.4 is 5.32 Å². The number of anilines is 1. The van der Waals surface area contributed by atoms with Crippen molar-refractivity contribution in [3.63, 3.8) is 0 Å². The van der Waals surface area contributed by atoms with Crippen molar-refractivity contribution in [2.45, 2.75) is 0 Å². The summed E-state index contributed by atoms with van der Waals surface area (Å²) in [4.78, 5) is 0. The Morgan fingerprint density at radius 1 is 1.62 bits per heavy atom. The maximum atomic E-state index is 5.62. The molecule has 0 radical (unpaired) electrons. The molecule has 0 atom stereocenters. The number of rotatable bonds is 1. The molecule has 0 saturated heterocycles. The van der Waals surface area contributed by atoms with Crippen LogP contribution in [0, 0.1) is 0 Å². The van der Waals surface area contributed by atoms with Gasteiger partial charge in [0.2, 0.25) is 0 Å². The Bertz CT molecular complexity index is 173. The summed E-state index contributed by atoms with van der Waals surface area (Å²) in [6, 6.07) is 3.82. The van der Waals surface area contributed by atoms with Crippen LogP contribution >= 0.6 is 22.9 Å². The quantitative estimate of drug-likeness (QED) is 0.644. The summed E-state index contributed by atoms with van der Waals surface area (Å²) >= 11 is 7.16. The first-order valence-corrected chi connectivity index (χ1v) is 3.45. The van der Waals surface area contributed by atoms with Crippen LogP contribution in [0.15, 0.2) is 12.1 Å². The third kappa shape index (κ3) is 1.14. The minimum atomic E-state index is 0.828. The van der Waals surface area contributed by atoms with Crippen LogP contribution in [0.5, 0.6) is 0 Å². The minimum Gasteiger partial charge on any atom is -0.380 e. The van der Waals surface area contributed by atoms with Crippen LogP contribution in [0.3, 0.4) is 0 Å². The van der Waals surface area contributed by atoms with E-state index in [4.69, 9.17) is 11.6 Å². The van der Waals surface area contributed by atoms with E-state index in [9.17, 15) is 0 Å². The van der Waals surface area contributed by atoms with Crippen molar-refractivity contribution in [1.82, 2.24) is 0 Å². The molecule has 1 N–H and O–H groups in total. The van der Waals surface area contributed by atoms with Crippen LogP contribution in [0.25, 0.3) is 0 Å². The zero-order valence-corrected chi connectivity index (χ0v) is 6.01. The van der Waals surface area contributed by atoms with Gasteiger partial charge in [-0.1, -0.05) is 11.6 Å². The van der Waals surface area contributed by atoms with Crippen LogP contribution in [0.4, 0.5) is 5.00 Å². The molecule has 0 fully saturated rings. The molecule has 44 valence electrons. The first-order chi connectivity index (χ1) is 3.83. The Balaban J connectivity index is 2.84. The van der Waals surface area contributed by atoms with Crippen LogP contribution in [-0.2, 0) is 0 Å². The van der Waals surface area contributed by atoms with E-state index >= 15 is 0 Å². The SMILES string of the molecule is CNc1ccc(Cl)s1. The summed E-state index contributed by atoms with van der Waals surface area (Å²) in [6.07, 6.45) is 0. The third-order valence-corrected chi connectivity index (χ3v) is 2.07. The van der Waals surface area contributed by atoms with Gasteiger partial charge in [-0.05, 0) is 12.1 Å². The molecule has 0 amide bonds. The highest BCUT2D eigenvalue weighted by Crippen LogP contribution is 2.24. The summed E-state index contributed by atoms with van der Waals surface area (Å²) in [5, 5.41) is 4.09. The molecule has 0 aromatic carbocycles. The first-order valence-electron chi connectivity index (χ1n) is 2.26. The van der Waals surface area contributed by atoms with Crippen molar-refractivity contribution < 1.29 is 0 Å². The van der Waals surface area contributed by atoms with Gasteiger partial charge in [-0.25, -0.2) is 0 Å². The van der Waals surface area contributed by atoms with Gasteiger partial charge in [-0.15, -0.1) is 11.3 Å². The van der Waals surface area contributed by atoms with E-state index in [0.29, 0.717) is 0 Å². The molecule has 3 heteroatoms. The zero-order chi connectivity index (χ0) is 5.98. The third-order valence-electron chi connectivity index (χ3n) is 0.820. The Morgan fingerprint density at radius 2 is 2.38 bits per heavy atom. The summed E-state index contributed by atoms with van der Waals surface area (Å²) in [5.74, 6) is 0.